The zero-order valence-corrected chi connectivity index (χ0v) is 18.2. The summed E-state index contributed by atoms with van der Waals surface area (Å²) in [6, 6.07) is 2.22. The van der Waals surface area contributed by atoms with Crippen molar-refractivity contribution in [2.45, 2.75) is 29.3 Å². The minimum Gasteiger partial charge on any atom is -0.375 e. The monoisotopic (exact) mass is 478 g/mol. The van der Waals surface area contributed by atoms with Crippen LogP contribution in [0, 0.1) is 0 Å². The SMILES string of the molecule is NC1(c2ncccc2S)CCC(=O)NC(CS)C(=O)NCC(=O)OSSOC1=O. The van der Waals surface area contributed by atoms with Gasteiger partial charge in [0.05, 0.1) is 5.69 Å². The third-order valence-electron chi connectivity index (χ3n) is 3.83. The van der Waals surface area contributed by atoms with E-state index in [-0.39, 0.29) is 24.3 Å². The van der Waals surface area contributed by atoms with E-state index in [1.54, 1.807) is 12.1 Å². The minimum atomic E-state index is -1.80. The molecule has 1 saturated heterocycles. The number of rotatable bonds is 2. The topological polar surface area (TPSA) is 150 Å². The highest BCUT2D eigenvalue weighted by molar-refractivity contribution is 8.73. The van der Waals surface area contributed by atoms with Gasteiger partial charge in [-0.25, -0.2) is 9.59 Å². The van der Waals surface area contributed by atoms with Gasteiger partial charge in [-0.1, -0.05) is 0 Å². The lowest BCUT2D eigenvalue weighted by atomic mass is 9.90. The maximum Gasteiger partial charge on any atom is 0.345 e. The highest BCUT2D eigenvalue weighted by Crippen LogP contribution is 2.33. The second-order valence-corrected chi connectivity index (χ2v) is 8.09. The molecule has 1 aromatic heterocycles. The number of carbonyl (C=O) groups is 4. The van der Waals surface area contributed by atoms with Crippen molar-refractivity contribution in [3.05, 3.63) is 24.0 Å². The fourth-order valence-electron chi connectivity index (χ4n) is 2.31. The van der Waals surface area contributed by atoms with E-state index in [2.05, 4.69) is 40.9 Å². The average molecular weight is 479 g/mol. The van der Waals surface area contributed by atoms with Crippen LogP contribution in [-0.4, -0.2) is 47.1 Å². The van der Waals surface area contributed by atoms with E-state index in [1.165, 1.54) is 6.20 Å². The fourth-order valence-corrected chi connectivity index (χ4v) is 3.89. The van der Waals surface area contributed by atoms with Crippen LogP contribution in [0.25, 0.3) is 0 Å². The quantitative estimate of drug-likeness (QED) is 0.226. The van der Waals surface area contributed by atoms with E-state index >= 15 is 0 Å². The van der Waals surface area contributed by atoms with Gasteiger partial charge in [-0.05, 0) is 18.6 Å². The molecule has 0 saturated carbocycles. The fraction of sp³-hybridized carbons (Fsp3) is 0.400. The summed E-state index contributed by atoms with van der Waals surface area (Å²) >= 11 is 9.27. The summed E-state index contributed by atoms with van der Waals surface area (Å²) in [6.07, 6.45) is 1.05. The Morgan fingerprint density at radius 3 is 2.69 bits per heavy atom. The molecule has 14 heteroatoms. The van der Waals surface area contributed by atoms with E-state index in [1.807, 2.05) is 0 Å². The van der Waals surface area contributed by atoms with Crippen LogP contribution in [0.15, 0.2) is 23.2 Å². The Bertz CT molecular complexity index is 798. The molecule has 0 spiro atoms. The third kappa shape index (κ3) is 6.44. The summed E-state index contributed by atoms with van der Waals surface area (Å²) in [4.78, 5) is 53.2. The number of amides is 2. The first-order valence-corrected chi connectivity index (χ1v) is 11.2. The summed E-state index contributed by atoms with van der Waals surface area (Å²) in [5.74, 6) is -2.84. The normalized spacial score (nSPS) is 25.0. The maximum absolute atomic E-state index is 12.7. The van der Waals surface area contributed by atoms with Gasteiger partial charge >= 0.3 is 11.9 Å². The number of carbonyl (C=O) groups excluding carboxylic acids is 4. The Morgan fingerprint density at radius 1 is 1.28 bits per heavy atom. The molecule has 2 atom stereocenters. The highest BCUT2D eigenvalue weighted by Gasteiger charge is 2.41. The van der Waals surface area contributed by atoms with Crippen LogP contribution in [0.5, 0.6) is 0 Å². The zero-order valence-electron chi connectivity index (χ0n) is 14.8. The van der Waals surface area contributed by atoms with Crippen molar-refractivity contribution in [3.63, 3.8) is 0 Å². The molecule has 0 aromatic carbocycles. The van der Waals surface area contributed by atoms with Gasteiger partial charge in [0.25, 0.3) is 0 Å². The Morgan fingerprint density at radius 2 is 2.00 bits per heavy atom. The molecule has 0 aliphatic carbocycles. The van der Waals surface area contributed by atoms with Crippen LogP contribution >= 0.6 is 47.4 Å². The molecule has 0 bridgehead atoms. The van der Waals surface area contributed by atoms with Crippen molar-refractivity contribution < 1.29 is 27.5 Å². The minimum absolute atomic E-state index is 0.00589. The number of pyridine rings is 1. The molecule has 1 aliphatic rings. The van der Waals surface area contributed by atoms with Gasteiger partial charge < -0.3 is 24.7 Å². The predicted octanol–water partition coefficient (Wildman–Crippen LogP) is 0.147. The Labute approximate surface area is 185 Å². The molecule has 1 aliphatic heterocycles. The summed E-state index contributed by atoms with van der Waals surface area (Å²) in [7, 11) is 0. The van der Waals surface area contributed by atoms with Gasteiger partial charge in [-0.15, -0.1) is 12.6 Å². The molecular weight excluding hydrogens is 460 g/mol. The second kappa shape index (κ2) is 11.0. The Balaban J connectivity index is 2.29. The zero-order chi connectivity index (χ0) is 21.4. The molecule has 2 unspecified atom stereocenters. The van der Waals surface area contributed by atoms with Crippen molar-refractivity contribution in [2.24, 2.45) is 5.73 Å². The van der Waals surface area contributed by atoms with Crippen LogP contribution < -0.4 is 16.4 Å². The molecule has 4 N–H and O–H groups in total. The smallest absolute Gasteiger partial charge is 0.345 e. The first-order chi connectivity index (χ1) is 13.8. The summed E-state index contributed by atoms with van der Waals surface area (Å²) < 4.78 is 9.80. The highest BCUT2D eigenvalue weighted by atomic mass is 33.1. The molecule has 2 heterocycles. The Hall–Kier alpha value is -1.61. The van der Waals surface area contributed by atoms with Gasteiger partial charge in [0.1, 0.15) is 12.6 Å². The number of hydrogen-bond donors (Lipinski definition) is 5. The summed E-state index contributed by atoms with van der Waals surface area (Å²) in [6.45, 7) is -0.432. The van der Waals surface area contributed by atoms with E-state index in [0.29, 0.717) is 27.0 Å². The third-order valence-corrected chi connectivity index (χ3v) is 5.66. The van der Waals surface area contributed by atoms with E-state index < -0.39 is 41.9 Å². The number of hydrogen-bond acceptors (Lipinski definition) is 12. The van der Waals surface area contributed by atoms with Crippen molar-refractivity contribution in [3.8, 4) is 0 Å². The molecule has 158 valence electrons. The summed E-state index contributed by atoms with van der Waals surface area (Å²) in [5, 5.41) is 4.81. The molecule has 29 heavy (non-hydrogen) atoms. The molecule has 1 fully saturated rings. The lowest BCUT2D eigenvalue weighted by Gasteiger charge is -2.27. The number of nitrogens with two attached hydrogens (primary N) is 1. The van der Waals surface area contributed by atoms with Crippen molar-refractivity contribution in [1.29, 1.82) is 0 Å². The van der Waals surface area contributed by atoms with Crippen LogP contribution in [0.3, 0.4) is 0 Å². The van der Waals surface area contributed by atoms with Gasteiger partial charge in [-0.2, -0.15) is 12.6 Å². The molecule has 0 radical (unpaired) electrons. The van der Waals surface area contributed by atoms with E-state index in [0.717, 1.165) is 0 Å². The van der Waals surface area contributed by atoms with Crippen molar-refractivity contribution in [1.82, 2.24) is 15.6 Å². The lowest BCUT2D eigenvalue weighted by molar-refractivity contribution is -0.140. The van der Waals surface area contributed by atoms with Crippen LogP contribution in [0.4, 0.5) is 0 Å². The van der Waals surface area contributed by atoms with E-state index in [9.17, 15) is 19.2 Å². The first kappa shape index (κ1) is 23.7. The van der Waals surface area contributed by atoms with Crippen LogP contribution in [0.1, 0.15) is 18.5 Å². The van der Waals surface area contributed by atoms with Crippen LogP contribution in [-0.2, 0) is 33.1 Å². The molecule has 2 rings (SSSR count). The maximum atomic E-state index is 12.7. The second-order valence-electron chi connectivity index (χ2n) is 5.83. The Kier molecular flexibility index (Phi) is 8.95. The molecule has 2 amide bonds. The molecule has 1 aromatic rings. The number of nitrogens with one attached hydrogen (secondary N) is 2. The van der Waals surface area contributed by atoms with Gasteiger partial charge in [-0.3, -0.25) is 14.6 Å². The average Bonchev–Trinajstić information content (AvgIpc) is 2.71. The largest absolute Gasteiger partial charge is 0.375 e. The van der Waals surface area contributed by atoms with Gasteiger partial charge in [0, 0.05) is 23.3 Å². The van der Waals surface area contributed by atoms with Gasteiger partial charge in [0.15, 0.2) is 27.7 Å². The summed E-state index contributed by atoms with van der Waals surface area (Å²) in [5.41, 5.74) is 4.62. The number of nitrogens with zero attached hydrogens (tertiary/aromatic N) is 1. The van der Waals surface area contributed by atoms with Gasteiger partial charge in [0.2, 0.25) is 11.8 Å². The number of aromatic nitrogens is 1. The van der Waals surface area contributed by atoms with E-state index in [4.69, 9.17) is 14.1 Å². The molecule has 10 nitrogen and oxygen atoms in total. The van der Waals surface area contributed by atoms with Crippen molar-refractivity contribution in [2.75, 3.05) is 12.3 Å². The first-order valence-electron chi connectivity index (χ1n) is 8.14. The predicted molar refractivity (Wildman–Crippen MR) is 113 cm³/mol. The molecular formula is C15H18N4O6S4. The van der Waals surface area contributed by atoms with Crippen molar-refractivity contribution >= 4 is 71.2 Å². The standard InChI is InChI=1S/C15H18N4O6S4/c16-15(12-9(27)2-1-5-17-12)4-3-10(20)19-8(7-26)13(22)18-6-11(21)24-28-29-25-14(15)23/h1-2,5,8,26-27H,3-4,6-7,16H2,(H,18,22)(H,19,20). The lowest BCUT2D eigenvalue weighted by Crippen LogP contribution is -2.50. The number of thiol groups is 2. The van der Waals surface area contributed by atoms with Crippen LogP contribution in [0.2, 0.25) is 0 Å².